The summed E-state index contributed by atoms with van der Waals surface area (Å²) in [5, 5.41) is 9.46. The molecular weight excluding hydrogens is 336 g/mol. The molecule has 1 saturated carbocycles. The lowest BCUT2D eigenvalue weighted by Gasteiger charge is -2.32. The van der Waals surface area contributed by atoms with Crippen LogP contribution in [-0.2, 0) is 4.79 Å². The minimum Gasteiger partial charge on any atom is -0.480 e. The van der Waals surface area contributed by atoms with Crippen LogP contribution in [0.25, 0.3) is 0 Å². The lowest BCUT2D eigenvalue weighted by Crippen LogP contribution is -2.46. The number of carboxylic acid groups (broad SMARTS) is 1. The number of pyridine rings is 1. The van der Waals surface area contributed by atoms with Gasteiger partial charge in [0.15, 0.2) is 0 Å². The van der Waals surface area contributed by atoms with E-state index in [-0.39, 0.29) is 11.9 Å². The normalized spacial score (nSPS) is 28.2. The highest BCUT2D eigenvalue weighted by Gasteiger charge is 2.47. The third-order valence-corrected chi connectivity index (χ3v) is 4.98. The molecule has 1 aromatic rings. The number of halogens is 1. The molecule has 1 aliphatic heterocycles. The van der Waals surface area contributed by atoms with Gasteiger partial charge in [-0.25, -0.2) is 9.78 Å². The molecule has 1 N–H and O–H groups in total. The fraction of sp³-hybridized carbons (Fsp3) is 0.533. The van der Waals surface area contributed by atoms with Crippen LogP contribution in [0.5, 0.6) is 0 Å². The van der Waals surface area contributed by atoms with Gasteiger partial charge in [-0.3, -0.25) is 4.79 Å². The van der Waals surface area contributed by atoms with Gasteiger partial charge in [-0.15, -0.1) is 0 Å². The van der Waals surface area contributed by atoms with E-state index in [4.69, 9.17) is 0 Å². The quantitative estimate of drug-likeness (QED) is 0.830. The first-order chi connectivity index (χ1) is 10.1. The van der Waals surface area contributed by atoms with Crippen molar-refractivity contribution in [3.63, 3.8) is 0 Å². The maximum atomic E-state index is 12.7. The van der Waals surface area contributed by atoms with E-state index >= 15 is 0 Å². The van der Waals surface area contributed by atoms with Crippen molar-refractivity contribution in [1.29, 1.82) is 0 Å². The fourth-order valence-electron chi connectivity index (χ4n) is 3.63. The van der Waals surface area contributed by atoms with E-state index in [2.05, 4.69) is 20.9 Å². The minimum absolute atomic E-state index is 0.0492. The predicted octanol–water partition coefficient (Wildman–Crippen LogP) is 2.70. The van der Waals surface area contributed by atoms with Crippen molar-refractivity contribution in [2.45, 2.75) is 44.2 Å². The SMILES string of the molecule is O=C(O)C1CC2CCCCC2N1C(=O)c1cccc(Br)n1. The third-order valence-electron chi connectivity index (χ3n) is 4.54. The van der Waals surface area contributed by atoms with Crippen molar-refractivity contribution < 1.29 is 14.7 Å². The molecule has 1 aromatic heterocycles. The van der Waals surface area contributed by atoms with Gasteiger partial charge in [-0.2, -0.15) is 0 Å². The molecule has 1 aliphatic carbocycles. The molecule has 112 valence electrons. The lowest BCUT2D eigenvalue weighted by molar-refractivity contribution is -0.141. The Kier molecular flexibility index (Phi) is 3.97. The van der Waals surface area contributed by atoms with Crippen molar-refractivity contribution in [3.8, 4) is 0 Å². The van der Waals surface area contributed by atoms with Crippen molar-refractivity contribution in [1.82, 2.24) is 9.88 Å². The van der Waals surface area contributed by atoms with Gasteiger partial charge in [0.2, 0.25) is 0 Å². The zero-order chi connectivity index (χ0) is 15.0. The topological polar surface area (TPSA) is 70.5 Å². The summed E-state index contributed by atoms with van der Waals surface area (Å²) in [4.78, 5) is 30.0. The molecule has 3 atom stereocenters. The Morgan fingerprint density at radius 2 is 2.05 bits per heavy atom. The second-order valence-corrected chi connectivity index (χ2v) is 6.57. The van der Waals surface area contributed by atoms with Crippen molar-refractivity contribution in [3.05, 3.63) is 28.5 Å². The number of aliphatic carboxylic acids is 1. The first kappa shape index (κ1) is 14.5. The molecule has 0 bridgehead atoms. The van der Waals surface area contributed by atoms with Gasteiger partial charge in [0.1, 0.15) is 16.3 Å². The van der Waals surface area contributed by atoms with Gasteiger partial charge in [0.05, 0.1) is 0 Å². The molecular formula is C15H17BrN2O3. The van der Waals surface area contributed by atoms with E-state index in [0.717, 1.165) is 25.7 Å². The number of fused-ring (bicyclic) bond motifs is 1. The molecule has 0 aromatic carbocycles. The molecule has 3 unspecified atom stereocenters. The zero-order valence-corrected chi connectivity index (χ0v) is 13.1. The summed E-state index contributed by atoms with van der Waals surface area (Å²) in [5.41, 5.74) is 0.307. The molecule has 6 heteroatoms. The molecule has 2 fully saturated rings. The van der Waals surface area contributed by atoms with Crippen molar-refractivity contribution >= 4 is 27.8 Å². The smallest absolute Gasteiger partial charge is 0.326 e. The van der Waals surface area contributed by atoms with E-state index in [1.807, 2.05) is 0 Å². The fourth-order valence-corrected chi connectivity index (χ4v) is 3.98. The van der Waals surface area contributed by atoms with E-state index in [1.165, 1.54) is 0 Å². The highest BCUT2D eigenvalue weighted by atomic mass is 79.9. The Morgan fingerprint density at radius 1 is 1.29 bits per heavy atom. The maximum absolute atomic E-state index is 12.7. The Labute approximate surface area is 131 Å². The van der Waals surface area contributed by atoms with Crippen LogP contribution in [0.4, 0.5) is 0 Å². The predicted molar refractivity (Wildman–Crippen MR) is 79.9 cm³/mol. The average molecular weight is 353 g/mol. The van der Waals surface area contributed by atoms with Gasteiger partial charge in [-0.1, -0.05) is 18.9 Å². The number of amides is 1. The number of likely N-dealkylation sites (tertiary alicyclic amines) is 1. The molecule has 2 aliphatic rings. The summed E-state index contributed by atoms with van der Waals surface area (Å²) in [5.74, 6) is -0.859. The second-order valence-electron chi connectivity index (χ2n) is 5.76. The molecule has 0 radical (unpaired) electrons. The number of carboxylic acids is 1. The number of hydrogen-bond donors (Lipinski definition) is 1. The summed E-state index contributed by atoms with van der Waals surface area (Å²) < 4.78 is 0.583. The zero-order valence-electron chi connectivity index (χ0n) is 11.5. The summed E-state index contributed by atoms with van der Waals surface area (Å²) in [6, 6.07) is 4.47. The Balaban J connectivity index is 1.92. The Bertz CT molecular complexity index is 578. The van der Waals surface area contributed by atoms with Gasteiger partial charge in [0, 0.05) is 6.04 Å². The molecule has 5 nitrogen and oxygen atoms in total. The number of nitrogens with zero attached hydrogens (tertiary/aromatic N) is 2. The molecule has 1 amide bonds. The molecule has 1 saturated heterocycles. The van der Waals surface area contributed by atoms with Gasteiger partial charge in [0.25, 0.3) is 5.91 Å². The molecule has 0 spiro atoms. The van der Waals surface area contributed by atoms with Crippen molar-refractivity contribution in [2.75, 3.05) is 0 Å². The molecule has 2 heterocycles. The number of aromatic nitrogens is 1. The van der Waals surface area contributed by atoms with Crippen LogP contribution < -0.4 is 0 Å². The maximum Gasteiger partial charge on any atom is 0.326 e. The van der Waals surface area contributed by atoms with Crippen LogP contribution in [0.2, 0.25) is 0 Å². The largest absolute Gasteiger partial charge is 0.480 e. The van der Waals surface area contributed by atoms with Gasteiger partial charge < -0.3 is 10.0 Å². The standard InChI is InChI=1S/C15H17BrN2O3/c16-13-7-3-5-10(17-13)14(19)18-11-6-2-1-4-9(11)8-12(18)15(20)21/h3,5,7,9,11-12H,1-2,4,6,8H2,(H,20,21). The van der Waals surface area contributed by atoms with E-state index in [9.17, 15) is 14.7 Å². The van der Waals surface area contributed by atoms with E-state index in [1.54, 1.807) is 23.1 Å². The highest BCUT2D eigenvalue weighted by Crippen LogP contribution is 2.40. The van der Waals surface area contributed by atoms with Crippen LogP contribution in [0.1, 0.15) is 42.6 Å². The summed E-state index contributed by atoms with van der Waals surface area (Å²) in [6.45, 7) is 0. The van der Waals surface area contributed by atoms with Crippen LogP contribution in [-0.4, -0.2) is 39.0 Å². The van der Waals surface area contributed by atoms with Crippen LogP contribution >= 0.6 is 15.9 Å². The molecule has 3 rings (SSSR count). The third kappa shape index (κ3) is 2.69. The summed E-state index contributed by atoms with van der Waals surface area (Å²) in [6.07, 6.45) is 4.67. The number of rotatable bonds is 2. The van der Waals surface area contributed by atoms with Crippen LogP contribution in [0.3, 0.4) is 0 Å². The summed E-state index contributed by atoms with van der Waals surface area (Å²) in [7, 11) is 0. The second kappa shape index (κ2) is 5.75. The Hall–Kier alpha value is -1.43. The molecule has 21 heavy (non-hydrogen) atoms. The Morgan fingerprint density at radius 3 is 2.76 bits per heavy atom. The van der Waals surface area contributed by atoms with E-state index in [0.29, 0.717) is 22.6 Å². The van der Waals surface area contributed by atoms with E-state index < -0.39 is 12.0 Å². The summed E-state index contributed by atoms with van der Waals surface area (Å²) >= 11 is 3.25. The average Bonchev–Trinajstić information content (AvgIpc) is 2.86. The number of carbonyl (C=O) groups is 2. The van der Waals surface area contributed by atoms with Crippen LogP contribution in [0.15, 0.2) is 22.8 Å². The number of hydrogen-bond acceptors (Lipinski definition) is 3. The highest BCUT2D eigenvalue weighted by molar-refractivity contribution is 9.10. The first-order valence-electron chi connectivity index (χ1n) is 7.26. The number of carbonyl (C=O) groups excluding carboxylic acids is 1. The lowest BCUT2D eigenvalue weighted by atomic mass is 9.84. The van der Waals surface area contributed by atoms with Gasteiger partial charge in [-0.05, 0) is 53.2 Å². The first-order valence-corrected chi connectivity index (χ1v) is 8.05. The van der Waals surface area contributed by atoms with Crippen LogP contribution in [0, 0.1) is 5.92 Å². The minimum atomic E-state index is -0.909. The van der Waals surface area contributed by atoms with Gasteiger partial charge >= 0.3 is 5.97 Å². The monoisotopic (exact) mass is 352 g/mol. The van der Waals surface area contributed by atoms with Crippen molar-refractivity contribution in [2.24, 2.45) is 5.92 Å².